The third-order valence-electron chi connectivity index (χ3n) is 7.01. The highest BCUT2D eigenvalue weighted by Gasteiger charge is 2.20. The molecule has 1 fully saturated rings. The van der Waals surface area contributed by atoms with Crippen LogP contribution in [0.5, 0.6) is 0 Å². The lowest BCUT2D eigenvalue weighted by molar-refractivity contribution is -0.131. The number of ether oxygens (including phenoxy) is 1. The van der Waals surface area contributed by atoms with Gasteiger partial charge in [-0.05, 0) is 74.2 Å². The smallest absolute Gasteiger partial charge is 0.338 e. The molecule has 7 heteroatoms. The summed E-state index contributed by atoms with van der Waals surface area (Å²) in [5, 5.41) is 8.61. The standard InChI is InChI=1S/C32H44N4O3/c1-3-5-7-8-9-10-11-12-13-31(37)36-24-22-35(23-25-36)30-20-18-29(19-21-30)34-33-28-16-14-27(15-17-28)32(38)39-26-6-4-2/h3,14-21H,1,4-13,22-26H2,2H3. The number of hydrogen-bond acceptors (Lipinski definition) is 6. The summed E-state index contributed by atoms with van der Waals surface area (Å²) in [5.41, 5.74) is 3.08. The van der Waals surface area contributed by atoms with Crippen LogP contribution < -0.4 is 4.90 Å². The molecule has 2 aromatic rings. The Balaban J connectivity index is 1.37. The number of hydrogen-bond donors (Lipinski definition) is 0. The molecule has 1 amide bonds. The molecular weight excluding hydrogens is 488 g/mol. The minimum absolute atomic E-state index is 0.290. The summed E-state index contributed by atoms with van der Waals surface area (Å²) in [6.07, 6.45) is 12.7. The van der Waals surface area contributed by atoms with Crippen LogP contribution in [0.25, 0.3) is 0 Å². The van der Waals surface area contributed by atoms with Crippen LogP contribution in [0.1, 0.15) is 81.5 Å². The van der Waals surface area contributed by atoms with Crippen molar-refractivity contribution in [3.8, 4) is 0 Å². The fourth-order valence-corrected chi connectivity index (χ4v) is 4.55. The lowest BCUT2D eigenvalue weighted by Crippen LogP contribution is -2.48. The van der Waals surface area contributed by atoms with E-state index in [9.17, 15) is 9.59 Å². The topological polar surface area (TPSA) is 74.6 Å². The molecule has 1 aliphatic heterocycles. The monoisotopic (exact) mass is 532 g/mol. The summed E-state index contributed by atoms with van der Waals surface area (Å²) in [4.78, 5) is 28.9. The van der Waals surface area contributed by atoms with E-state index in [-0.39, 0.29) is 5.97 Å². The molecule has 1 aliphatic rings. The predicted molar refractivity (Wildman–Crippen MR) is 158 cm³/mol. The van der Waals surface area contributed by atoms with Crippen LogP contribution in [-0.4, -0.2) is 49.6 Å². The summed E-state index contributed by atoms with van der Waals surface area (Å²) in [7, 11) is 0. The van der Waals surface area contributed by atoms with Gasteiger partial charge in [0.1, 0.15) is 0 Å². The van der Waals surface area contributed by atoms with Gasteiger partial charge in [0.25, 0.3) is 0 Å². The number of carbonyl (C=O) groups excluding carboxylic acids is 2. The highest BCUT2D eigenvalue weighted by atomic mass is 16.5. The Labute approximate surface area is 233 Å². The largest absolute Gasteiger partial charge is 0.462 e. The minimum atomic E-state index is -0.311. The van der Waals surface area contributed by atoms with Gasteiger partial charge < -0.3 is 14.5 Å². The fourth-order valence-electron chi connectivity index (χ4n) is 4.55. The molecule has 39 heavy (non-hydrogen) atoms. The minimum Gasteiger partial charge on any atom is -0.462 e. The van der Waals surface area contributed by atoms with Crippen molar-refractivity contribution >= 4 is 28.9 Å². The second kappa shape index (κ2) is 17.2. The van der Waals surface area contributed by atoms with E-state index in [2.05, 4.69) is 40.8 Å². The Morgan fingerprint density at radius 1 is 0.821 bits per heavy atom. The first kappa shape index (κ1) is 30.1. The molecule has 0 radical (unpaired) electrons. The van der Waals surface area contributed by atoms with Gasteiger partial charge in [-0.3, -0.25) is 4.79 Å². The third-order valence-corrected chi connectivity index (χ3v) is 7.01. The van der Waals surface area contributed by atoms with Crippen molar-refractivity contribution in [3.63, 3.8) is 0 Å². The van der Waals surface area contributed by atoms with E-state index in [4.69, 9.17) is 4.74 Å². The van der Waals surface area contributed by atoms with Crippen LogP contribution in [0.3, 0.4) is 0 Å². The van der Waals surface area contributed by atoms with E-state index in [1.54, 1.807) is 24.3 Å². The zero-order valence-electron chi connectivity index (χ0n) is 23.5. The zero-order valence-corrected chi connectivity index (χ0v) is 23.5. The summed E-state index contributed by atoms with van der Waals surface area (Å²) in [5.74, 6) is -0.0211. The molecule has 3 rings (SSSR count). The number of nitrogens with zero attached hydrogens (tertiary/aromatic N) is 4. The normalized spacial score (nSPS) is 13.6. The number of carbonyl (C=O) groups is 2. The predicted octanol–water partition coefficient (Wildman–Crippen LogP) is 8.01. The average Bonchev–Trinajstić information content (AvgIpc) is 2.98. The molecule has 0 aliphatic carbocycles. The average molecular weight is 533 g/mol. The Hall–Kier alpha value is -3.48. The van der Waals surface area contributed by atoms with Crippen molar-refractivity contribution in [2.24, 2.45) is 10.2 Å². The number of azo groups is 1. The summed E-state index contributed by atoms with van der Waals surface area (Å²) >= 11 is 0. The maximum Gasteiger partial charge on any atom is 0.338 e. The van der Waals surface area contributed by atoms with Crippen LogP contribution in [0.15, 0.2) is 71.4 Å². The SMILES string of the molecule is C=CCCCCCCCCC(=O)N1CCN(c2ccc(N=Nc3ccc(C(=O)OCCCC)cc3)cc2)CC1. The lowest BCUT2D eigenvalue weighted by atomic mass is 10.1. The van der Waals surface area contributed by atoms with Crippen LogP contribution in [0, 0.1) is 0 Å². The van der Waals surface area contributed by atoms with Gasteiger partial charge in [-0.15, -0.1) is 6.58 Å². The Kier molecular flexibility index (Phi) is 13.2. The van der Waals surface area contributed by atoms with Gasteiger partial charge >= 0.3 is 5.97 Å². The number of allylic oxidation sites excluding steroid dienone is 1. The van der Waals surface area contributed by atoms with Gasteiger partial charge in [-0.1, -0.05) is 45.1 Å². The number of esters is 1. The number of amides is 1. The van der Waals surface area contributed by atoms with E-state index in [1.807, 2.05) is 23.1 Å². The Morgan fingerprint density at radius 3 is 2.03 bits per heavy atom. The number of rotatable bonds is 16. The summed E-state index contributed by atoms with van der Waals surface area (Å²) in [6, 6.07) is 15.0. The van der Waals surface area contributed by atoms with Gasteiger partial charge in [-0.2, -0.15) is 10.2 Å². The third kappa shape index (κ3) is 10.7. The van der Waals surface area contributed by atoms with Gasteiger partial charge in [-0.25, -0.2) is 4.79 Å². The highest BCUT2D eigenvalue weighted by Crippen LogP contribution is 2.24. The van der Waals surface area contributed by atoms with E-state index in [0.717, 1.165) is 69.7 Å². The van der Waals surface area contributed by atoms with Crippen LogP contribution in [-0.2, 0) is 9.53 Å². The molecule has 0 spiro atoms. The second-order valence-corrected chi connectivity index (χ2v) is 10.1. The molecule has 2 aromatic carbocycles. The summed E-state index contributed by atoms with van der Waals surface area (Å²) in [6.45, 7) is 9.47. The molecule has 0 N–H and O–H groups in total. The van der Waals surface area contributed by atoms with E-state index in [1.165, 1.54) is 25.7 Å². The maximum atomic E-state index is 12.6. The van der Waals surface area contributed by atoms with Crippen molar-refractivity contribution in [2.45, 2.75) is 71.1 Å². The van der Waals surface area contributed by atoms with Gasteiger partial charge in [0, 0.05) is 38.3 Å². The number of benzene rings is 2. The van der Waals surface area contributed by atoms with Crippen molar-refractivity contribution in [2.75, 3.05) is 37.7 Å². The van der Waals surface area contributed by atoms with Gasteiger partial charge in [0.05, 0.1) is 23.5 Å². The molecule has 0 aromatic heterocycles. The van der Waals surface area contributed by atoms with E-state index >= 15 is 0 Å². The molecule has 0 saturated carbocycles. The fraction of sp³-hybridized carbons (Fsp3) is 0.500. The highest BCUT2D eigenvalue weighted by molar-refractivity contribution is 5.89. The van der Waals surface area contributed by atoms with Gasteiger partial charge in [0.2, 0.25) is 5.91 Å². The molecule has 7 nitrogen and oxygen atoms in total. The van der Waals surface area contributed by atoms with Crippen LogP contribution >= 0.6 is 0 Å². The summed E-state index contributed by atoms with van der Waals surface area (Å²) < 4.78 is 5.23. The van der Waals surface area contributed by atoms with Crippen molar-refractivity contribution in [1.29, 1.82) is 0 Å². The molecule has 210 valence electrons. The molecule has 0 atom stereocenters. The Bertz CT molecular complexity index is 1040. The van der Waals surface area contributed by atoms with Crippen molar-refractivity contribution in [3.05, 3.63) is 66.7 Å². The lowest BCUT2D eigenvalue weighted by Gasteiger charge is -2.36. The molecule has 0 unspecified atom stereocenters. The quantitative estimate of drug-likeness (QED) is 0.0949. The maximum absolute atomic E-state index is 12.6. The molecule has 1 saturated heterocycles. The Morgan fingerprint density at radius 2 is 1.41 bits per heavy atom. The van der Waals surface area contributed by atoms with Crippen LogP contribution in [0.4, 0.5) is 17.1 Å². The van der Waals surface area contributed by atoms with E-state index < -0.39 is 0 Å². The molecule has 0 bridgehead atoms. The van der Waals surface area contributed by atoms with Crippen molar-refractivity contribution in [1.82, 2.24) is 4.90 Å². The van der Waals surface area contributed by atoms with Crippen LogP contribution in [0.2, 0.25) is 0 Å². The van der Waals surface area contributed by atoms with Gasteiger partial charge in [0.15, 0.2) is 0 Å². The molecule has 1 heterocycles. The second-order valence-electron chi connectivity index (χ2n) is 10.1. The first-order valence-corrected chi connectivity index (χ1v) is 14.5. The number of anilines is 1. The van der Waals surface area contributed by atoms with E-state index in [0.29, 0.717) is 30.2 Å². The van der Waals surface area contributed by atoms with Crippen molar-refractivity contribution < 1.29 is 14.3 Å². The molecular formula is C32H44N4O3. The number of piperazine rings is 1. The number of unbranched alkanes of at least 4 members (excludes halogenated alkanes) is 7. The first-order valence-electron chi connectivity index (χ1n) is 14.5. The zero-order chi connectivity index (χ0) is 27.7. The first-order chi connectivity index (χ1) is 19.1.